The van der Waals surface area contributed by atoms with Gasteiger partial charge < -0.3 is 5.73 Å². The van der Waals surface area contributed by atoms with Crippen molar-refractivity contribution in [3.63, 3.8) is 0 Å². The fraction of sp³-hybridized carbons (Fsp3) is 0.133. The standard InChI is InChI=1S/C15H15NOS/c1-10-7-8-14(18-2)12(9-10)15(17)11-5-3-4-6-13(11)16/h3-9H,16H2,1-2H3. The van der Waals surface area contributed by atoms with Crippen LogP contribution in [0, 0.1) is 6.92 Å². The number of carbonyl (C=O) groups excluding carboxylic acids is 1. The van der Waals surface area contributed by atoms with Crippen LogP contribution in [0.15, 0.2) is 47.4 Å². The van der Waals surface area contributed by atoms with Crippen LogP contribution in [0.3, 0.4) is 0 Å². The van der Waals surface area contributed by atoms with Gasteiger partial charge in [0.15, 0.2) is 5.78 Å². The number of aryl methyl sites for hydroxylation is 1. The summed E-state index contributed by atoms with van der Waals surface area (Å²) >= 11 is 1.57. The summed E-state index contributed by atoms with van der Waals surface area (Å²) < 4.78 is 0. The highest BCUT2D eigenvalue weighted by Gasteiger charge is 2.15. The number of para-hydroxylation sites is 1. The second kappa shape index (κ2) is 5.27. The lowest BCUT2D eigenvalue weighted by molar-refractivity contribution is 0.103. The molecule has 0 aliphatic carbocycles. The van der Waals surface area contributed by atoms with Gasteiger partial charge in [0, 0.05) is 21.7 Å². The third kappa shape index (κ3) is 2.41. The van der Waals surface area contributed by atoms with E-state index >= 15 is 0 Å². The lowest BCUT2D eigenvalue weighted by atomic mass is 10.0. The molecule has 0 heterocycles. The van der Waals surface area contributed by atoms with E-state index in [9.17, 15) is 4.79 Å². The number of anilines is 1. The van der Waals surface area contributed by atoms with Crippen LogP contribution in [-0.4, -0.2) is 12.0 Å². The summed E-state index contributed by atoms with van der Waals surface area (Å²) in [6.45, 7) is 1.98. The first-order valence-electron chi connectivity index (χ1n) is 5.67. The molecule has 0 aliphatic rings. The van der Waals surface area contributed by atoms with Crippen LogP contribution in [0.1, 0.15) is 21.5 Å². The molecule has 18 heavy (non-hydrogen) atoms. The molecule has 2 aromatic carbocycles. The molecule has 0 spiro atoms. The number of hydrogen-bond acceptors (Lipinski definition) is 3. The van der Waals surface area contributed by atoms with Gasteiger partial charge in [0.1, 0.15) is 0 Å². The Balaban J connectivity index is 2.52. The zero-order valence-electron chi connectivity index (χ0n) is 10.4. The summed E-state index contributed by atoms with van der Waals surface area (Å²) in [5.41, 5.74) is 8.75. The molecule has 0 unspecified atom stereocenters. The van der Waals surface area contributed by atoms with Gasteiger partial charge in [-0.2, -0.15) is 0 Å². The number of thioether (sulfide) groups is 1. The Morgan fingerprint density at radius 2 is 1.83 bits per heavy atom. The van der Waals surface area contributed by atoms with Crippen molar-refractivity contribution in [2.45, 2.75) is 11.8 Å². The first-order chi connectivity index (χ1) is 8.63. The number of nitrogens with two attached hydrogens (primary N) is 1. The molecular formula is C15H15NOS. The molecule has 0 amide bonds. The van der Waals surface area contributed by atoms with Crippen molar-refractivity contribution in [3.8, 4) is 0 Å². The van der Waals surface area contributed by atoms with Crippen LogP contribution in [0.2, 0.25) is 0 Å². The molecule has 0 saturated heterocycles. The monoisotopic (exact) mass is 257 g/mol. The largest absolute Gasteiger partial charge is 0.398 e. The summed E-state index contributed by atoms with van der Waals surface area (Å²) in [5.74, 6) is -0.0128. The Hall–Kier alpha value is -1.74. The van der Waals surface area contributed by atoms with Crippen LogP contribution in [0.25, 0.3) is 0 Å². The molecule has 0 aliphatic heterocycles. The molecule has 3 heteroatoms. The lowest BCUT2D eigenvalue weighted by Crippen LogP contribution is -2.06. The average Bonchev–Trinajstić information content (AvgIpc) is 2.38. The molecule has 0 radical (unpaired) electrons. The van der Waals surface area contributed by atoms with E-state index in [1.807, 2.05) is 43.5 Å². The second-order valence-electron chi connectivity index (χ2n) is 4.12. The Morgan fingerprint density at radius 1 is 1.11 bits per heavy atom. The van der Waals surface area contributed by atoms with E-state index in [2.05, 4.69) is 0 Å². The Kier molecular flexibility index (Phi) is 3.72. The Labute approximate surface area is 111 Å². The van der Waals surface area contributed by atoms with Crippen LogP contribution in [0.4, 0.5) is 5.69 Å². The predicted octanol–water partition coefficient (Wildman–Crippen LogP) is 3.53. The molecular weight excluding hydrogens is 242 g/mol. The van der Waals surface area contributed by atoms with Gasteiger partial charge in [0.2, 0.25) is 0 Å². The van der Waals surface area contributed by atoms with Crippen LogP contribution in [0.5, 0.6) is 0 Å². The number of hydrogen-bond donors (Lipinski definition) is 1. The van der Waals surface area contributed by atoms with Gasteiger partial charge in [0.25, 0.3) is 0 Å². The van der Waals surface area contributed by atoms with Gasteiger partial charge >= 0.3 is 0 Å². The zero-order valence-corrected chi connectivity index (χ0v) is 11.3. The highest BCUT2D eigenvalue weighted by atomic mass is 32.2. The second-order valence-corrected chi connectivity index (χ2v) is 4.97. The molecule has 2 N–H and O–H groups in total. The smallest absolute Gasteiger partial charge is 0.196 e. The van der Waals surface area contributed by atoms with Gasteiger partial charge in [-0.15, -0.1) is 11.8 Å². The SMILES string of the molecule is CSc1ccc(C)cc1C(=O)c1ccccc1N. The molecule has 0 fully saturated rings. The number of nitrogen functional groups attached to an aromatic ring is 1. The Bertz CT molecular complexity index is 593. The average molecular weight is 257 g/mol. The van der Waals surface area contributed by atoms with E-state index in [0.29, 0.717) is 11.3 Å². The van der Waals surface area contributed by atoms with Crippen LogP contribution >= 0.6 is 11.8 Å². The Morgan fingerprint density at radius 3 is 2.50 bits per heavy atom. The number of carbonyl (C=O) groups is 1. The maximum absolute atomic E-state index is 12.5. The third-order valence-corrected chi connectivity index (χ3v) is 3.60. The molecule has 2 rings (SSSR count). The van der Waals surface area contributed by atoms with Crippen molar-refractivity contribution in [1.29, 1.82) is 0 Å². The third-order valence-electron chi connectivity index (χ3n) is 2.81. The maximum atomic E-state index is 12.5. The molecule has 0 aromatic heterocycles. The molecule has 0 saturated carbocycles. The molecule has 0 bridgehead atoms. The van der Waals surface area contributed by atoms with E-state index in [1.54, 1.807) is 23.9 Å². The van der Waals surface area contributed by atoms with E-state index in [-0.39, 0.29) is 5.78 Å². The van der Waals surface area contributed by atoms with E-state index < -0.39 is 0 Å². The number of benzene rings is 2. The highest BCUT2D eigenvalue weighted by molar-refractivity contribution is 7.98. The van der Waals surface area contributed by atoms with Crippen molar-refractivity contribution in [3.05, 3.63) is 59.2 Å². The fourth-order valence-corrected chi connectivity index (χ4v) is 2.42. The number of ketones is 1. The summed E-state index contributed by atoms with van der Waals surface area (Å²) in [6, 6.07) is 13.1. The minimum absolute atomic E-state index is 0.0128. The van der Waals surface area contributed by atoms with Crippen molar-refractivity contribution < 1.29 is 4.79 Å². The quantitative estimate of drug-likeness (QED) is 0.519. The first kappa shape index (κ1) is 12.7. The van der Waals surface area contributed by atoms with E-state index in [0.717, 1.165) is 16.0 Å². The summed E-state index contributed by atoms with van der Waals surface area (Å²) in [6.07, 6.45) is 1.97. The lowest BCUT2D eigenvalue weighted by Gasteiger charge is -2.09. The van der Waals surface area contributed by atoms with E-state index in [1.165, 1.54) is 0 Å². The number of rotatable bonds is 3. The minimum atomic E-state index is -0.0128. The van der Waals surface area contributed by atoms with E-state index in [4.69, 9.17) is 5.73 Å². The minimum Gasteiger partial charge on any atom is -0.398 e. The van der Waals surface area contributed by atoms with Crippen molar-refractivity contribution in [1.82, 2.24) is 0 Å². The maximum Gasteiger partial charge on any atom is 0.196 e. The highest BCUT2D eigenvalue weighted by Crippen LogP contribution is 2.25. The van der Waals surface area contributed by atoms with Crippen molar-refractivity contribution in [2.75, 3.05) is 12.0 Å². The van der Waals surface area contributed by atoms with Gasteiger partial charge in [0.05, 0.1) is 0 Å². The normalized spacial score (nSPS) is 10.3. The fourth-order valence-electron chi connectivity index (χ4n) is 1.85. The van der Waals surface area contributed by atoms with Crippen LogP contribution in [-0.2, 0) is 0 Å². The first-order valence-corrected chi connectivity index (χ1v) is 6.90. The summed E-state index contributed by atoms with van der Waals surface area (Å²) in [4.78, 5) is 13.5. The van der Waals surface area contributed by atoms with Crippen LogP contribution < -0.4 is 5.73 Å². The van der Waals surface area contributed by atoms with Crippen molar-refractivity contribution in [2.24, 2.45) is 0 Å². The summed E-state index contributed by atoms with van der Waals surface area (Å²) in [7, 11) is 0. The molecule has 92 valence electrons. The van der Waals surface area contributed by atoms with Gasteiger partial charge in [-0.3, -0.25) is 4.79 Å². The zero-order chi connectivity index (χ0) is 13.1. The van der Waals surface area contributed by atoms with Crippen molar-refractivity contribution >= 4 is 23.2 Å². The topological polar surface area (TPSA) is 43.1 Å². The molecule has 0 atom stereocenters. The van der Waals surface area contributed by atoms with Gasteiger partial charge in [-0.05, 0) is 37.4 Å². The summed E-state index contributed by atoms with van der Waals surface area (Å²) in [5, 5.41) is 0. The van der Waals surface area contributed by atoms with Gasteiger partial charge in [-0.1, -0.05) is 23.8 Å². The predicted molar refractivity (Wildman–Crippen MR) is 77.2 cm³/mol. The van der Waals surface area contributed by atoms with Gasteiger partial charge in [-0.25, -0.2) is 0 Å². The molecule has 2 nitrogen and oxygen atoms in total. The molecule has 2 aromatic rings.